The molecule has 186 valence electrons. The second-order valence-corrected chi connectivity index (χ2v) is 9.91. The van der Waals surface area contributed by atoms with Gasteiger partial charge in [-0.2, -0.15) is 4.31 Å². The van der Waals surface area contributed by atoms with Crippen LogP contribution < -0.4 is 5.32 Å². The zero-order valence-corrected chi connectivity index (χ0v) is 20.6. The van der Waals surface area contributed by atoms with Crippen molar-refractivity contribution in [3.63, 3.8) is 0 Å². The molecule has 0 aliphatic carbocycles. The third-order valence-electron chi connectivity index (χ3n) is 5.15. The number of benzene rings is 2. The Bertz CT molecular complexity index is 1030. The lowest BCUT2D eigenvalue weighted by Gasteiger charge is -2.32. The maximum atomic E-state index is 13.4. The number of hydrogen-bond acceptors (Lipinski definition) is 5. The van der Waals surface area contributed by atoms with Gasteiger partial charge in [0.25, 0.3) is 0 Å². The predicted octanol–water partition coefficient (Wildman–Crippen LogP) is 2.33. The summed E-state index contributed by atoms with van der Waals surface area (Å²) in [5.41, 5.74) is 1.17. The molecule has 0 saturated heterocycles. The molecule has 8 nitrogen and oxygen atoms in total. The number of likely N-dealkylation sites (N-methyl/N-ethyl adjacent to an activating group) is 1. The van der Waals surface area contributed by atoms with Gasteiger partial charge < -0.3 is 15.0 Å². The summed E-state index contributed by atoms with van der Waals surface area (Å²) in [4.78, 5) is 28.0. The van der Waals surface area contributed by atoms with E-state index in [-0.39, 0.29) is 6.54 Å². The van der Waals surface area contributed by atoms with Crippen LogP contribution in [0.4, 0.5) is 4.39 Å². The molecule has 0 heterocycles. The molecule has 0 bridgehead atoms. The zero-order valence-electron chi connectivity index (χ0n) is 19.7. The van der Waals surface area contributed by atoms with Gasteiger partial charge in [-0.25, -0.2) is 12.8 Å². The highest BCUT2D eigenvalue weighted by atomic mass is 32.2. The predicted molar refractivity (Wildman–Crippen MR) is 128 cm³/mol. The minimum absolute atomic E-state index is 0.0113. The Kier molecular flexibility index (Phi) is 10.6. The fraction of sp³-hybridized carbons (Fsp3) is 0.417. The van der Waals surface area contributed by atoms with E-state index in [9.17, 15) is 22.4 Å². The minimum atomic E-state index is -3.62. The van der Waals surface area contributed by atoms with E-state index in [1.165, 1.54) is 36.2 Å². The van der Waals surface area contributed by atoms with Crippen molar-refractivity contribution in [2.45, 2.75) is 25.9 Å². The molecule has 2 rings (SSSR count). The molecule has 2 aromatic rings. The van der Waals surface area contributed by atoms with Gasteiger partial charge in [-0.05, 0) is 36.6 Å². The largest absolute Gasteiger partial charge is 0.382 e. The summed E-state index contributed by atoms with van der Waals surface area (Å²) in [6.07, 6.45) is 1.61. The number of rotatable bonds is 13. The molecular weight excluding hydrogens is 461 g/mol. The second-order valence-electron chi connectivity index (χ2n) is 7.82. The third kappa shape index (κ3) is 8.51. The Morgan fingerprint density at radius 1 is 1.09 bits per heavy atom. The van der Waals surface area contributed by atoms with E-state index in [4.69, 9.17) is 4.74 Å². The average Bonchev–Trinajstić information content (AvgIpc) is 2.80. The van der Waals surface area contributed by atoms with Gasteiger partial charge in [0.15, 0.2) is 0 Å². The van der Waals surface area contributed by atoms with E-state index in [0.29, 0.717) is 37.3 Å². The summed E-state index contributed by atoms with van der Waals surface area (Å²) < 4.78 is 43.5. The first-order valence-electron chi connectivity index (χ1n) is 11.0. The lowest BCUT2D eigenvalue weighted by Crippen LogP contribution is -2.47. The number of nitrogens with one attached hydrogen (secondary N) is 1. The molecule has 0 aliphatic rings. The van der Waals surface area contributed by atoms with Crippen molar-refractivity contribution in [1.29, 1.82) is 0 Å². The molecule has 0 aromatic heterocycles. The van der Waals surface area contributed by atoms with Crippen LogP contribution in [0.15, 0.2) is 54.6 Å². The fourth-order valence-corrected chi connectivity index (χ4v) is 3.59. The average molecular weight is 494 g/mol. The number of halogens is 1. The van der Waals surface area contributed by atoms with E-state index < -0.39 is 40.2 Å². The van der Waals surface area contributed by atoms with Crippen molar-refractivity contribution in [2.24, 2.45) is 0 Å². The summed E-state index contributed by atoms with van der Waals surface area (Å²) >= 11 is 0. The van der Waals surface area contributed by atoms with E-state index in [1.54, 1.807) is 30.3 Å². The SMILES string of the molecule is CCOCCCNC(=O)C(c1ccccc1)N(Cc1ccc(F)cc1)C(=O)CN(C)S(C)(=O)=O. The van der Waals surface area contributed by atoms with Gasteiger partial charge in [0, 0.05) is 33.4 Å². The van der Waals surface area contributed by atoms with Crippen LogP contribution in [0, 0.1) is 5.82 Å². The summed E-state index contributed by atoms with van der Waals surface area (Å²) in [7, 11) is -2.32. The molecule has 2 amide bonds. The highest BCUT2D eigenvalue weighted by Crippen LogP contribution is 2.24. The topological polar surface area (TPSA) is 96.0 Å². The van der Waals surface area contributed by atoms with Crippen LogP contribution in [0.1, 0.15) is 30.5 Å². The van der Waals surface area contributed by atoms with Crippen molar-refractivity contribution in [2.75, 3.05) is 39.6 Å². The van der Waals surface area contributed by atoms with Gasteiger partial charge in [-0.3, -0.25) is 9.59 Å². The molecule has 0 fully saturated rings. The molecule has 0 saturated carbocycles. The van der Waals surface area contributed by atoms with Crippen molar-refractivity contribution in [3.8, 4) is 0 Å². The van der Waals surface area contributed by atoms with E-state index in [2.05, 4.69) is 5.32 Å². The lowest BCUT2D eigenvalue weighted by atomic mass is 10.0. The molecule has 1 N–H and O–H groups in total. The number of carbonyl (C=O) groups is 2. The van der Waals surface area contributed by atoms with Crippen LogP contribution in [-0.2, 0) is 30.9 Å². The van der Waals surface area contributed by atoms with Crippen molar-refractivity contribution in [1.82, 2.24) is 14.5 Å². The van der Waals surface area contributed by atoms with Crippen LogP contribution in [-0.4, -0.2) is 69.0 Å². The molecule has 1 atom stereocenters. The molecule has 34 heavy (non-hydrogen) atoms. The smallest absolute Gasteiger partial charge is 0.247 e. The van der Waals surface area contributed by atoms with Gasteiger partial charge in [0.05, 0.1) is 12.8 Å². The normalized spacial score (nSPS) is 12.4. The summed E-state index contributed by atoms with van der Waals surface area (Å²) in [5, 5.41) is 2.85. The lowest BCUT2D eigenvalue weighted by molar-refractivity contribution is -0.141. The molecule has 10 heteroatoms. The van der Waals surface area contributed by atoms with Crippen LogP contribution in [0.3, 0.4) is 0 Å². The van der Waals surface area contributed by atoms with Crippen LogP contribution >= 0.6 is 0 Å². The number of carbonyl (C=O) groups excluding carboxylic acids is 2. The first-order valence-corrected chi connectivity index (χ1v) is 12.8. The fourth-order valence-electron chi connectivity index (χ4n) is 3.24. The van der Waals surface area contributed by atoms with E-state index >= 15 is 0 Å². The molecule has 0 spiro atoms. The zero-order chi connectivity index (χ0) is 25.1. The molecule has 2 aromatic carbocycles. The van der Waals surface area contributed by atoms with Crippen LogP contribution in [0.2, 0.25) is 0 Å². The Hall–Kier alpha value is -2.82. The first-order chi connectivity index (χ1) is 16.1. The highest BCUT2D eigenvalue weighted by Gasteiger charge is 2.32. The molecule has 0 radical (unpaired) electrons. The third-order valence-corrected chi connectivity index (χ3v) is 6.42. The quantitative estimate of drug-likeness (QED) is 0.432. The second kappa shape index (κ2) is 13.2. The van der Waals surface area contributed by atoms with Crippen molar-refractivity contribution >= 4 is 21.8 Å². The van der Waals surface area contributed by atoms with Gasteiger partial charge >= 0.3 is 0 Å². The number of nitrogens with zero attached hydrogens (tertiary/aromatic N) is 2. The van der Waals surface area contributed by atoms with Gasteiger partial charge in [-0.1, -0.05) is 42.5 Å². The van der Waals surface area contributed by atoms with Gasteiger partial charge in [-0.15, -0.1) is 0 Å². The highest BCUT2D eigenvalue weighted by molar-refractivity contribution is 7.88. The standard InChI is InChI=1S/C24H32FN3O5S/c1-4-33-16-8-15-26-24(30)23(20-9-6-5-7-10-20)28(17-19-11-13-21(25)14-12-19)22(29)18-27(2)34(3,31)32/h5-7,9-14,23H,4,8,15-18H2,1-3H3,(H,26,30). The first kappa shape index (κ1) is 27.4. The summed E-state index contributed by atoms with van der Waals surface area (Å²) in [6.45, 7) is 2.85. The Balaban J connectivity index is 2.38. The Morgan fingerprint density at radius 3 is 2.32 bits per heavy atom. The van der Waals surface area contributed by atoms with E-state index in [0.717, 1.165) is 10.6 Å². The number of hydrogen-bond donors (Lipinski definition) is 1. The number of sulfonamides is 1. The summed E-state index contributed by atoms with van der Waals surface area (Å²) in [6, 6.07) is 13.4. The minimum Gasteiger partial charge on any atom is -0.382 e. The summed E-state index contributed by atoms with van der Waals surface area (Å²) in [5.74, 6) is -1.39. The molecule has 0 aliphatic heterocycles. The maximum Gasteiger partial charge on any atom is 0.247 e. The Morgan fingerprint density at radius 2 is 1.74 bits per heavy atom. The molecular formula is C24H32FN3O5S. The van der Waals surface area contributed by atoms with Gasteiger partial charge in [0.2, 0.25) is 21.8 Å². The van der Waals surface area contributed by atoms with Crippen LogP contribution in [0.25, 0.3) is 0 Å². The number of amides is 2. The van der Waals surface area contributed by atoms with Crippen LogP contribution in [0.5, 0.6) is 0 Å². The Labute approximate surface area is 200 Å². The van der Waals surface area contributed by atoms with Gasteiger partial charge in [0.1, 0.15) is 11.9 Å². The number of ether oxygens (including phenoxy) is 1. The maximum absolute atomic E-state index is 13.4. The van der Waals surface area contributed by atoms with Crippen molar-refractivity contribution < 1.29 is 27.1 Å². The van der Waals surface area contributed by atoms with E-state index in [1.807, 2.05) is 6.92 Å². The van der Waals surface area contributed by atoms with Crippen molar-refractivity contribution in [3.05, 3.63) is 71.5 Å². The molecule has 1 unspecified atom stereocenters. The monoisotopic (exact) mass is 493 g/mol.